The van der Waals surface area contributed by atoms with Gasteiger partial charge in [0.15, 0.2) is 0 Å². The van der Waals surface area contributed by atoms with Crippen LogP contribution in [0.5, 0.6) is 0 Å². The second-order valence-electron chi connectivity index (χ2n) is 5.50. The number of nitrogens with zero attached hydrogens (tertiary/aromatic N) is 2. The first kappa shape index (κ1) is 13.8. The summed E-state index contributed by atoms with van der Waals surface area (Å²) in [7, 11) is 0. The van der Waals surface area contributed by atoms with Crippen LogP contribution < -0.4 is 0 Å². The van der Waals surface area contributed by atoms with Crippen LogP contribution >= 0.6 is 0 Å². The quantitative estimate of drug-likeness (QED) is 0.800. The van der Waals surface area contributed by atoms with E-state index in [1.165, 1.54) is 6.42 Å². The minimum Gasteiger partial charge on any atom is -0.480 e. The number of aliphatic carboxylic acids is 1. The third-order valence-electron chi connectivity index (χ3n) is 4.09. The zero-order valence-corrected chi connectivity index (χ0v) is 11.3. The Morgan fingerprint density at radius 1 is 1.33 bits per heavy atom. The number of carboxylic acids is 1. The maximum absolute atomic E-state index is 10.9. The third-order valence-corrected chi connectivity index (χ3v) is 4.09. The first-order valence-corrected chi connectivity index (χ1v) is 6.91. The maximum Gasteiger partial charge on any atom is 0.320 e. The van der Waals surface area contributed by atoms with E-state index in [4.69, 9.17) is 9.84 Å². The van der Waals surface area contributed by atoms with Gasteiger partial charge in [-0.15, -0.1) is 0 Å². The maximum atomic E-state index is 10.9. The summed E-state index contributed by atoms with van der Waals surface area (Å²) in [6.07, 6.45) is 3.11. The van der Waals surface area contributed by atoms with Crippen molar-refractivity contribution < 1.29 is 14.6 Å². The van der Waals surface area contributed by atoms with E-state index in [2.05, 4.69) is 11.8 Å². The molecular formula is C13H24N2O3. The molecule has 2 fully saturated rings. The average Bonchev–Trinajstić information content (AvgIpc) is 2.75. The summed E-state index contributed by atoms with van der Waals surface area (Å²) in [6.45, 7) is 8.48. The van der Waals surface area contributed by atoms with Gasteiger partial charge < -0.3 is 9.84 Å². The average molecular weight is 256 g/mol. The first-order valence-electron chi connectivity index (χ1n) is 6.91. The molecule has 0 saturated carbocycles. The molecule has 2 aliphatic rings. The largest absolute Gasteiger partial charge is 0.480 e. The van der Waals surface area contributed by atoms with E-state index in [1.807, 2.05) is 4.90 Å². The molecule has 5 nitrogen and oxygen atoms in total. The monoisotopic (exact) mass is 256 g/mol. The van der Waals surface area contributed by atoms with Crippen molar-refractivity contribution in [3.05, 3.63) is 0 Å². The van der Waals surface area contributed by atoms with Gasteiger partial charge in [0, 0.05) is 32.7 Å². The Labute approximate surface area is 109 Å². The van der Waals surface area contributed by atoms with Gasteiger partial charge >= 0.3 is 5.97 Å². The van der Waals surface area contributed by atoms with Crippen LogP contribution in [0.2, 0.25) is 0 Å². The Bertz CT molecular complexity index is 290. The molecule has 18 heavy (non-hydrogen) atoms. The minimum atomic E-state index is -0.726. The third kappa shape index (κ3) is 3.43. The molecule has 0 aromatic heterocycles. The molecule has 0 aliphatic carbocycles. The molecular weight excluding hydrogens is 232 g/mol. The van der Waals surface area contributed by atoms with E-state index in [1.54, 1.807) is 6.92 Å². The molecule has 0 bridgehead atoms. The number of hydrogen-bond donors (Lipinski definition) is 1. The minimum absolute atomic E-state index is 0.366. The Morgan fingerprint density at radius 2 is 2.00 bits per heavy atom. The van der Waals surface area contributed by atoms with Gasteiger partial charge in [-0.2, -0.15) is 0 Å². The number of piperazine rings is 1. The molecule has 2 rings (SSSR count). The van der Waals surface area contributed by atoms with Crippen LogP contribution in [0.25, 0.3) is 0 Å². The fourth-order valence-corrected chi connectivity index (χ4v) is 2.80. The molecule has 0 aromatic carbocycles. The summed E-state index contributed by atoms with van der Waals surface area (Å²) in [5.41, 5.74) is 0. The highest BCUT2D eigenvalue weighted by molar-refractivity contribution is 5.72. The van der Waals surface area contributed by atoms with Crippen LogP contribution in [0.4, 0.5) is 0 Å². The second kappa shape index (κ2) is 5.99. The zero-order valence-electron chi connectivity index (χ0n) is 11.3. The fraction of sp³-hybridized carbons (Fsp3) is 0.923. The van der Waals surface area contributed by atoms with Crippen LogP contribution in [-0.2, 0) is 9.53 Å². The highest BCUT2D eigenvalue weighted by Crippen LogP contribution is 2.20. The Hall–Kier alpha value is -0.650. The lowest BCUT2D eigenvalue weighted by atomic mass is 10.1. The predicted octanol–water partition coefficient (Wildman–Crippen LogP) is 0.645. The molecule has 5 heteroatoms. The zero-order chi connectivity index (χ0) is 13.1. The van der Waals surface area contributed by atoms with Crippen LogP contribution in [0.3, 0.4) is 0 Å². The number of rotatable bonds is 4. The van der Waals surface area contributed by atoms with Gasteiger partial charge in [-0.25, -0.2) is 0 Å². The second-order valence-corrected chi connectivity index (χ2v) is 5.50. The van der Waals surface area contributed by atoms with Crippen LogP contribution in [0, 0.1) is 0 Å². The normalized spacial score (nSPS) is 32.6. The summed E-state index contributed by atoms with van der Waals surface area (Å²) >= 11 is 0. The van der Waals surface area contributed by atoms with E-state index in [9.17, 15) is 4.79 Å². The Balaban J connectivity index is 1.72. The van der Waals surface area contributed by atoms with E-state index < -0.39 is 5.97 Å². The predicted molar refractivity (Wildman–Crippen MR) is 68.7 cm³/mol. The van der Waals surface area contributed by atoms with Gasteiger partial charge in [-0.3, -0.25) is 14.6 Å². The van der Waals surface area contributed by atoms with Crippen molar-refractivity contribution in [1.82, 2.24) is 9.80 Å². The molecule has 2 saturated heterocycles. The summed E-state index contributed by atoms with van der Waals surface area (Å²) in [6, 6.07) is -0.366. The first-order chi connectivity index (χ1) is 8.56. The Morgan fingerprint density at radius 3 is 2.50 bits per heavy atom. The molecule has 0 amide bonds. The van der Waals surface area contributed by atoms with E-state index in [0.717, 1.165) is 39.1 Å². The summed E-state index contributed by atoms with van der Waals surface area (Å²) in [5, 5.41) is 8.98. The number of hydrogen-bond acceptors (Lipinski definition) is 4. The number of carbonyl (C=O) groups is 1. The van der Waals surface area contributed by atoms with Gasteiger partial charge in [0.1, 0.15) is 6.04 Å². The van der Waals surface area contributed by atoms with Crippen molar-refractivity contribution in [1.29, 1.82) is 0 Å². The topological polar surface area (TPSA) is 53.0 Å². The van der Waals surface area contributed by atoms with Crippen LogP contribution in [-0.4, -0.2) is 71.8 Å². The number of ether oxygens (including phenoxy) is 1. The van der Waals surface area contributed by atoms with Crippen LogP contribution in [0.1, 0.15) is 26.7 Å². The van der Waals surface area contributed by atoms with Gasteiger partial charge in [-0.05, 0) is 26.7 Å². The standard InChI is InChI=1S/C13H24N2O3/c1-10-3-4-12(18-10)9-14-5-7-15(8-6-14)11(2)13(16)17/h10-12H,3-9H2,1-2H3,(H,16,17). The molecule has 3 atom stereocenters. The summed E-state index contributed by atoms with van der Waals surface area (Å²) in [5.74, 6) is -0.726. The lowest BCUT2D eigenvalue weighted by Crippen LogP contribution is -2.52. The van der Waals surface area contributed by atoms with Crippen molar-refractivity contribution >= 4 is 5.97 Å². The van der Waals surface area contributed by atoms with Crippen molar-refractivity contribution in [2.24, 2.45) is 0 Å². The van der Waals surface area contributed by atoms with Crippen LogP contribution in [0.15, 0.2) is 0 Å². The molecule has 0 spiro atoms. The van der Waals surface area contributed by atoms with Gasteiger partial charge in [-0.1, -0.05) is 0 Å². The fourth-order valence-electron chi connectivity index (χ4n) is 2.80. The highest BCUT2D eigenvalue weighted by atomic mass is 16.5. The molecule has 0 radical (unpaired) electrons. The van der Waals surface area contributed by atoms with E-state index in [0.29, 0.717) is 12.2 Å². The lowest BCUT2D eigenvalue weighted by molar-refractivity contribution is -0.143. The van der Waals surface area contributed by atoms with Crippen molar-refractivity contribution in [3.63, 3.8) is 0 Å². The van der Waals surface area contributed by atoms with Gasteiger partial charge in [0.25, 0.3) is 0 Å². The van der Waals surface area contributed by atoms with Gasteiger partial charge in [0.05, 0.1) is 12.2 Å². The molecule has 0 aromatic rings. The van der Waals surface area contributed by atoms with E-state index in [-0.39, 0.29) is 6.04 Å². The smallest absolute Gasteiger partial charge is 0.320 e. The molecule has 2 aliphatic heterocycles. The van der Waals surface area contributed by atoms with Crippen molar-refractivity contribution in [2.75, 3.05) is 32.7 Å². The molecule has 2 heterocycles. The molecule has 3 unspecified atom stereocenters. The highest BCUT2D eigenvalue weighted by Gasteiger charge is 2.28. The lowest BCUT2D eigenvalue weighted by Gasteiger charge is -2.37. The Kier molecular flexibility index (Phi) is 4.59. The summed E-state index contributed by atoms with van der Waals surface area (Å²) < 4.78 is 5.83. The van der Waals surface area contributed by atoms with Crippen molar-refractivity contribution in [3.8, 4) is 0 Å². The van der Waals surface area contributed by atoms with E-state index >= 15 is 0 Å². The molecule has 104 valence electrons. The molecule has 1 N–H and O–H groups in total. The number of carboxylic acid groups (broad SMARTS) is 1. The SMILES string of the molecule is CC1CCC(CN2CCN(C(C)C(=O)O)CC2)O1. The van der Waals surface area contributed by atoms with Crippen molar-refractivity contribution in [2.45, 2.75) is 44.9 Å². The summed E-state index contributed by atoms with van der Waals surface area (Å²) in [4.78, 5) is 15.4. The van der Waals surface area contributed by atoms with Gasteiger partial charge in [0.2, 0.25) is 0 Å².